The molecule has 0 saturated heterocycles. The molecule has 0 radical (unpaired) electrons. The molecule has 0 fully saturated rings. The van der Waals surface area contributed by atoms with Gasteiger partial charge in [0.15, 0.2) is 0 Å². The summed E-state index contributed by atoms with van der Waals surface area (Å²) >= 11 is 0. The molecule has 1 aromatic heterocycles. The Hall–Kier alpha value is -1.40. The van der Waals surface area contributed by atoms with Gasteiger partial charge < -0.3 is 20.3 Å². The second-order valence-corrected chi connectivity index (χ2v) is 2.56. The number of aromatic nitrogens is 2. The van der Waals surface area contributed by atoms with Crippen molar-refractivity contribution in [3.8, 4) is 11.8 Å². The number of nitrogens with zero attached hydrogens (tertiary/aromatic N) is 2. The van der Waals surface area contributed by atoms with E-state index in [1.54, 1.807) is 0 Å². The molecule has 0 aliphatic heterocycles. The second kappa shape index (κ2) is 4.73. The summed E-state index contributed by atoms with van der Waals surface area (Å²) in [7, 11) is 2.92. The molecular formula is C8H13N3O3. The molecule has 3 N–H and O–H groups in total. The number of aliphatic hydroxyl groups excluding tert-OH is 1. The highest BCUT2D eigenvalue weighted by atomic mass is 16.5. The molecular weight excluding hydrogens is 186 g/mol. The Kier molecular flexibility index (Phi) is 3.61. The zero-order valence-electron chi connectivity index (χ0n) is 8.10. The highest BCUT2D eigenvalue weighted by molar-refractivity contribution is 5.24. The molecule has 1 rings (SSSR count). The molecule has 6 heteroatoms. The quantitative estimate of drug-likeness (QED) is 0.678. The van der Waals surface area contributed by atoms with Crippen LogP contribution in [0.25, 0.3) is 0 Å². The van der Waals surface area contributed by atoms with Gasteiger partial charge in [-0.3, -0.25) is 0 Å². The smallest absolute Gasteiger partial charge is 0.241 e. The Morgan fingerprint density at radius 1 is 1.50 bits per heavy atom. The summed E-state index contributed by atoms with van der Waals surface area (Å²) < 4.78 is 9.80. The van der Waals surface area contributed by atoms with Crippen LogP contribution in [0.4, 0.5) is 0 Å². The molecule has 0 aliphatic rings. The van der Waals surface area contributed by atoms with Crippen LogP contribution in [0.2, 0.25) is 0 Å². The molecule has 78 valence electrons. The lowest BCUT2D eigenvalue weighted by Gasteiger charge is -2.11. The van der Waals surface area contributed by atoms with Gasteiger partial charge >= 0.3 is 0 Å². The van der Waals surface area contributed by atoms with Crippen LogP contribution in [-0.2, 0) is 0 Å². The molecule has 0 aliphatic carbocycles. The summed E-state index contributed by atoms with van der Waals surface area (Å²) in [5.41, 5.74) is 5.61. The van der Waals surface area contributed by atoms with Crippen molar-refractivity contribution in [3.63, 3.8) is 0 Å². The molecule has 0 bridgehead atoms. The Balaban J connectivity index is 3.04. The summed E-state index contributed by atoms with van der Waals surface area (Å²) in [6, 6.07) is 0. The van der Waals surface area contributed by atoms with Gasteiger partial charge in [0.05, 0.1) is 20.4 Å². The first kappa shape index (κ1) is 10.7. The van der Waals surface area contributed by atoms with Crippen LogP contribution in [0.3, 0.4) is 0 Å². The number of ether oxygens (including phenoxy) is 2. The van der Waals surface area contributed by atoms with Crippen molar-refractivity contribution in [1.82, 2.24) is 9.97 Å². The van der Waals surface area contributed by atoms with E-state index in [-0.39, 0.29) is 12.4 Å². The number of aliphatic hydroxyl groups is 1. The van der Waals surface area contributed by atoms with Crippen LogP contribution in [0, 0.1) is 0 Å². The fourth-order valence-electron chi connectivity index (χ4n) is 0.955. The third-order valence-electron chi connectivity index (χ3n) is 1.69. The van der Waals surface area contributed by atoms with Gasteiger partial charge in [0.2, 0.25) is 11.8 Å². The normalized spacial score (nSPS) is 12.3. The predicted molar refractivity (Wildman–Crippen MR) is 49.2 cm³/mol. The highest BCUT2D eigenvalue weighted by Crippen LogP contribution is 2.21. The van der Waals surface area contributed by atoms with E-state index >= 15 is 0 Å². The maximum Gasteiger partial charge on any atom is 0.241 e. The van der Waals surface area contributed by atoms with Crippen molar-refractivity contribution in [2.75, 3.05) is 20.8 Å². The lowest BCUT2D eigenvalue weighted by Crippen LogP contribution is -2.14. The topological polar surface area (TPSA) is 90.5 Å². The van der Waals surface area contributed by atoms with Gasteiger partial charge in [0, 0.05) is 6.54 Å². The number of hydrogen-bond donors (Lipinski definition) is 2. The molecule has 14 heavy (non-hydrogen) atoms. The summed E-state index contributed by atoms with van der Waals surface area (Å²) in [6.07, 6.45) is 0.528. The average Bonchev–Trinajstić information content (AvgIpc) is 2.27. The van der Waals surface area contributed by atoms with Crippen molar-refractivity contribution in [1.29, 1.82) is 0 Å². The summed E-state index contributed by atoms with van der Waals surface area (Å²) in [6.45, 7) is 0.0668. The van der Waals surface area contributed by atoms with Crippen LogP contribution in [0.5, 0.6) is 11.8 Å². The number of hydrogen-bond acceptors (Lipinski definition) is 6. The molecule has 1 aromatic rings. The largest absolute Gasteiger partial charge is 0.480 e. The third-order valence-corrected chi connectivity index (χ3v) is 1.69. The van der Waals surface area contributed by atoms with Crippen LogP contribution >= 0.6 is 0 Å². The zero-order valence-corrected chi connectivity index (χ0v) is 8.10. The van der Waals surface area contributed by atoms with Gasteiger partial charge in [-0.2, -0.15) is 4.98 Å². The third kappa shape index (κ3) is 2.09. The minimum Gasteiger partial charge on any atom is -0.480 e. The van der Waals surface area contributed by atoms with Crippen molar-refractivity contribution in [2.45, 2.75) is 6.10 Å². The predicted octanol–water partition coefficient (Wildman–Crippen LogP) is -0.514. The first-order valence-corrected chi connectivity index (χ1v) is 4.06. The Labute approximate surface area is 81.7 Å². The van der Waals surface area contributed by atoms with E-state index in [0.717, 1.165) is 0 Å². The van der Waals surface area contributed by atoms with E-state index < -0.39 is 6.10 Å². The van der Waals surface area contributed by atoms with Gasteiger partial charge in [0.25, 0.3) is 0 Å². The fourth-order valence-corrected chi connectivity index (χ4v) is 0.955. The Morgan fingerprint density at radius 2 is 2.21 bits per heavy atom. The molecule has 0 amide bonds. The Bertz CT molecular complexity index is 306. The van der Waals surface area contributed by atoms with E-state index in [1.165, 1.54) is 20.4 Å². The lowest BCUT2D eigenvalue weighted by atomic mass is 10.2. The van der Waals surface area contributed by atoms with Crippen LogP contribution in [0.1, 0.15) is 11.8 Å². The fraction of sp³-hybridized carbons (Fsp3) is 0.500. The van der Waals surface area contributed by atoms with E-state index in [0.29, 0.717) is 11.6 Å². The van der Waals surface area contributed by atoms with Crippen LogP contribution < -0.4 is 15.2 Å². The lowest BCUT2D eigenvalue weighted by molar-refractivity contribution is 0.175. The van der Waals surface area contributed by atoms with E-state index in [1.807, 2.05) is 0 Å². The maximum absolute atomic E-state index is 9.46. The summed E-state index contributed by atoms with van der Waals surface area (Å²) in [4.78, 5) is 7.90. The van der Waals surface area contributed by atoms with Gasteiger partial charge in [0.1, 0.15) is 11.8 Å². The molecule has 1 atom stereocenters. The van der Waals surface area contributed by atoms with E-state index in [2.05, 4.69) is 9.97 Å². The Morgan fingerprint density at radius 3 is 2.71 bits per heavy atom. The standard InChI is InChI=1S/C8H13N3O3/c1-13-6-4-10-7(5(12)3-9)8(11-6)14-2/h4-5,12H,3,9H2,1-2H3. The van der Waals surface area contributed by atoms with E-state index in [9.17, 15) is 5.11 Å². The summed E-state index contributed by atoms with van der Waals surface area (Å²) in [5, 5.41) is 9.46. The zero-order chi connectivity index (χ0) is 10.6. The molecule has 0 saturated carbocycles. The first-order valence-electron chi connectivity index (χ1n) is 4.06. The van der Waals surface area contributed by atoms with Gasteiger partial charge in [-0.25, -0.2) is 4.98 Å². The SMILES string of the molecule is COc1cnc(C(O)CN)c(OC)n1. The van der Waals surface area contributed by atoms with Gasteiger partial charge in [-0.15, -0.1) is 0 Å². The summed E-state index contributed by atoms with van der Waals surface area (Å²) in [5.74, 6) is 0.553. The second-order valence-electron chi connectivity index (χ2n) is 2.56. The van der Waals surface area contributed by atoms with Crippen molar-refractivity contribution >= 4 is 0 Å². The molecule has 1 heterocycles. The highest BCUT2D eigenvalue weighted by Gasteiger charge is 2.15. The molecule has 1 unspecified atom stereocenters. The van der Waals surface area contributed by atoms with Crippen LogP contribution in [-0.4, -0.2) is 35.8 Å². The van der Waals surface area contributed by atoms with Crippen molar-refractivity contribution in [2.24, 2.45) is 5.73 Å². The number of nitrogens with two attached hydrogens (primary N) is 1. The number of methoxy groups -OCH3 is 2. The maximum atomic E-state index is 9.46. The van der Waals surface area contributed by atoms with Gasteiger partial charge in [-0.05, 0) is 0 Å². The van der Waals surface area contributed by atoms with Gasteiger partial charge in [-0.1, -0.05) is 0 Å². The van der Waals surface area contributed by atoms with Crippen molar-refractivity contribution < 1.29 is 14.6 Å². The monoisotopic (exact) mass is 199 g/mol. The van der Waals surface area contributed by atoms with Crippen molar-refractivity contribution in [3.05, 3.63) is 11.9 Å². The number of rotatable bonds is 4. The minimum absolute atomic E-state index is 0.0668. The molecule has 6 nitrogen and oxygen atoms in total. The average molecular weight is 199 g/mol. The van der Waals surface area contributed by atoms with E-state index in [4.69, 9.17) is 15.2 Å². The molecule has 0 spiro atoms. The first-order chi connectivity index (χ1) is 6.72. The molecule has 0 aromatic carbocycles. The minimum atomic E-state index is -0.872. The van der Waals surface area contributed by atoms with Crippen LogP contribution in [0.15, 0.2) is 6.20 Å².